The Hall–Kier alpha value is -0.690. The smallest absolute Gasteiger partial charge is 0.312 e. The molecule has 2 bridgehead atoms. The molecule has 6 heteroatoms. The van der Waals surface area contributed by atoms with Gasteiger partial charge in [0, 0.05) is 36.0 Å². The standard InChI is InChI=1S/C36H56O6/c1-29(2)17-20-34-21-19-32(6)23(26(34)27(29)38-28(34)37)11-12-25-31(5)18-22-36(30(3,4)24(31)13-16-33(25,32)7)41-39-35(40-42-36)14-9-8-10-15-35/h23-27H,8-22H2,1-7H3/t23-,24+,25-,26+,27-,31+,32-,33-,34+/m1/s1. The molecular formula is C36H56O6. The molecule has 0 aromatic carbocycles. The van der Waals surface area contributed by atoms with Gasteiger partial charge in [-0.1, -0.05) is 54.9 Å². The van der Waals surface area contributed by atoms with Crippen LogP contribution in [0.4, 0.5) is 0 Å². The Bertz CT molecular complexity index is 1150. The number of ether oxygens (including phenoxy) is 1. The van der Waals surface area contributed by atoms with E-state index in [9.17, 15) is 4.79 Å². The lowest BCUT2D eigenvalue weighted by Crippen LogP contribution is -2.70. The van der Waals surface area contributed by atoms with Gasteiger partial charge in [-0.05, 0) is 105 Å². The predicted octanol–water partition coefficient (Wildman–Crippen LogP) is 8.67. The SMILES string of the molecule is CC1(C)CC[C@]23CC[C@]4(C)[C@H](CC[C@@H]5[C@@]6(C)CCC7(OOC8(CCCCC8)OO7)C(C)(C)[C@@H]6CC[C@]54C)[C@H]2[C@H]1OC3=O. The molecule has 6 saturated carbocycles. The van der Waals surface area contributed by atoms with Gasteiger partial charge in [-0.2, -0.15) is 19.6 Å². The van der Waals surface area contributed by atoms with E-state index < -0.39 is 11.6 Å². The van der Waals surface area contributed by atoms with Crippen LogP contribution in [0.5, 0.6) is 0 Å². The van der Waals surface area contributed by atoms with Gasteiger partial charge in [-0.25, -0.2) is 0 Å². The second kappa shape index (κ2) is 8.56. The molecule has 6 aliphatic carbocycles. The molecule has 6 nitrogen and oxygen atoms in total. The van der Waals surface area contributed by atoms with Gasteiger partial charge in [-0.3, -0.25) is 4.79 Å². The highest BCUT2D eigenvalue weighted by atomic mass is 17.4. The summed E-state index contributed by atoms with van der Waals surface area (Å²) in [5.74, 6) is 0.577. The molecule has 8 aliphatic rings. The van der Waals surface area contributed by atoms with Crippen molar-refractivity contribution in [3.63, 3.8) is 0 Å². The Labute approximate surface area is 253 Å². The second-order valence-electron chi connectivity index (χ2n) is 18.4. The van der Waals surface area contributed by atoms with Crippen LogP contribution in [0.1, 0.15) is 145 Å². The highest BCUT2D eigenvalue weighted by Gasteiger charge is 2.76. The average molecular weight is 585 g/mol. The molecule has 8 fully saturated rings. The van der Waals surface area contributed by atoms with Crippen molar-refractivity contribution in [2.24, 2.45) is 56.2 Å². The van der Waals surface area contributed by atoms with E-state index in [1.165, 1.54) is 32.1 Å². The van der Waals surface area contributed by atoms with E-state index in [-0.39, 0.29) is 44.6 Å². The highest BCUT2D eigenvalue weighted by Crippen LogP contribution is 2.79. The summed E-state index contributed by atoms with van der Waals surface area (Å²) in [6.07, 6.45) is 16.2. The van der Waals surface area contributed by atoms with Crippen molar-refractivity contribution in [2.45, 2.75) is 162 Å². The molecule has 0 amide bonds. The summed E-state index contributed by atoms with van der Waals surface area (Å²) in [7, 11) is 0. The molecule has 9 atom stereocenters. The molecule has 2 heterocycles. The molecule has 42 heavy (non-hydrogen) atoms. The normalized spacial score (nSPS) is 55.2. The molecule has 8 rings (SSSR count). The van der Waals surface area contributed by atoms with Gasteiger partial charge in [0.1, 0.15) is 6.10 Å². The van der Waals surface area contributed by atoms with Crippen LogP contribution < -0.4 is 0 Å². The minimum absolute atomic E-state index is 0.0715. The maximum absolute atomic E-state index is 13.5. The molecule has 2 spiro atoms. The Morgan fingerprint density at radius 3 is 2.02 bits per heavy atom. The zero-order valence-electron chi connectivity index (χ0n) is 27.4. The van der Waals surface area contributed by atoms with Gasteiger partial charge in [0.2, 0.25) is 11.6 Å². The molecule has 2 aliphatic heterocycles. The van der Waals surface area contributed by atoms with Crippen LogP contribution in [-0.4, -0.2) is 23.6 Å². The Kier molecular flexibility index (Phi) is 5.86. The van der Waals surface area contributed by atoms with Crippen molar-refractivity contribution >= 4 is 5.97 Å². The van der Waals surface area contributed by atoms with Crippen molar-refractivity contribution in [2.75, 3.05) is 0 Å². The van der Waals surface area contributed by atoms with Crippen LogP contribution in [0.25, 0.3) is 0 Å². The largest absolute Gasteiger partial charge is 0.461 e. The van der Waals surface area contributed by atoms with E-state index in [2.05, 4.69) is 48.5 Å². The second-order valence-corrected chi connectivity index (χ2v) is 18.4. The molecule has 0 N–H and O–H groups in total. The summed E-state index contributed by atoms with van der Waals surface area (Å²) >= 11 is 0. The number of carbonyl (C=O) groups is 1. The number of rotatable bonds is 0. The first-order valence-corrected chi connectivity index (χ1v) is 17.6. The van der Waals surface area contributed by atoms with Crippen LogP contribution in [0.3, 0.4) is 0 Å². The molecular weight excluding hydrogens is 528 g/mol. The molecule has 0 aromatic heterocycles. The molecule has 0 radical (unpaired) electrons. The number of hydrogen-bond donors (Lipinski definition) is 0. The zero-order chi connectivity index (χ0) is 29.6. The van der Waals surface area contributed by atoms with Crippen molar-refractivity contribution in [1.29, 1.82) is 0 Å². The molecule has 0 aromatic rings. The zero-order valence-corrected chi connectivity index (χ0v) is 27.4. The molecule has 0 unspecified atom stereocenters. The summed E-state index contributed by atoms with van der Waals surface area (Å²) < 4.78 is 6.35. The molecule has 2 saturated heterocycles. The minimum Gasteiger partial charge on any atom is -0.461 e. The Morgan fingerprint density at radius 2 is 1.31 bits per heavy atom. The monoisotopic (exact) mass is 584 g/mol. The first kappa shape index (κ1) is 28.8. The van der Waals surface area contributed by atoms with E-state index >= 15 is 0 Å². The fourth-order valence-corrected chi connectivity index (χ4v) is 13.6. The van der Waals surface area contributed by atoms with E-state index in [1.807, 2.05) is 0 Å². The number of esters is 1. The van der Waals surface area contributed by atoms with Gasteiger partial charge in [0.05, 0.1) is 5.41 Å². The lowest BCUT2D eigenvalue weighted by Gasteiger charge is -2.73. The lowest BCUT2D eigenvalue weighted by atomic mass is 9.31. The third-order valence-electron chi connectivity index (χ3n) is 16.4. The topological polar surface area (TPSA) is 63.2 Å². The molecule has 236 valence electrons. The number of hydrogen-bond acceptors (Lipinski definition) is 6. The van der Waals surface area contributed by atoms with Crippen LogP contribution in [0, 0.1) is 56.2 Å². The summed E-state index contributed by atoms with van der Waals surface area (Å²) in [4.78, 5) is 38.7. The summed E-state index contributed by atoms with van der Waals surface area (Å²) in [6, 6.07) is 0. The predicted molar refractivity (Wildman–Crippen MR) is 157 cm³/mol. The van der Waals surface area contributed by atoms with Gasteiger partial charge in [0.25, 0.3) is 0 Å². The maximum atomic E-state index is 13.5. The van der Waals surface area contributed by atoms with E-state index in [1.54, 1.807) is 0 Å². The van der Waals surface area contributed by atoms with Crippen molar-refractivity contribution in [1.82, 2.24) is 0 Å². The first-order chi connectivity index (χ1) is 19.7. The quantitative estimate of drug-likeness (QED) is 0.210. The lowest BCUT2D eigenvalue weighted by molar-refractivity contribution is -0.679. The van der Waals surface area contributed by atoms with Crippen molar-refractivity contribution < 1.29 is 29.1 Å². The van der Waals surface area contributed by atoms with E-state index in [4.69, 9.17) is 24.3 Å². The van der Waals surface area contributed by atoms with Crippen LogP contribution in [0.15, 0.2) is 0 Å². The summed E-state index contributed by atoms with van der Waals surface area (Å²) in [6.45, 7) is 17.3. The van der Waals surface area contributed by atoms with Gasteiger partial charge >= 0.3 is 5.97 Å². The fourth-order valence-electron chi connectivity index (χ4n) is 13.6. The van der Waals surface area contributed by atoms with E-state index in [0.29, 0.717) is 23.7 Å². The fraction of sp³-hybridized carbons (Fsp3) is 0.972. The minimum atomic E-state index is -0.865. The third kappa shape index (κ3) is 3.25. The highest BCUT2D eigenvalue weighted by molar-refractivity contribution is 5.81. The van der Waals surface area contributed by atoms with Crippen LogP contribution >= 0.6 is 0 Å². The maximum Gasteiger partial charge on any atom is 0.312 e. The van der Waals surface area contributed by atoms with Gasteiger partial charge in [-0.15, -0.1) is 0 Å². The van der Waals surface area contributed by atoms with Crippen LogP contribution in [-0.2, 0) is 29.1 Å². The Morgan fingerprint density at radius 1 is 0.619 bits per heavy atom. The van der Waals surface area contributed by atoms with Crippen LogP contribution in [0.2, 0.25) is 0 Å². The van der Waals surface area contributed by atoms with Gasteiger partial charge in [0.15, 0.2) is 0 Å². The Balaban J connectivity index is 1.09. The number of carbonyl (C=O) groups excluding carboxylic acids is 1. The summed E-state index contributed by atoms with van der Waals surface area (Å²) in [5, 5.41) is 0. The van der Waals surface area contributed by atoms with Gasteiger partial charge < -0.3 is 4.74 Å². The van der Waals surface area contributed by atoms with Crippen molar-refractivity contribution in [3.05, 3.63) is 0 Å². The van der Waals surface area contributed by atoms with E-state index in [0.717, 1.165) is 64.2 Å². The average Bonchev–Trinajstić information content (AvgIpc) is 3.20. The van der Waals surface area contributed by atoms with Crippen molar-refractivity contribution in [3.8, 4) is 0 Å². The summed E-state index contributed by atoms with van der Waals surface area (Å²) in [5.41, 5.74) is 0.240. The first-order valence-electron chi connectivity index (χ1n) is 17.6. The third-order valence-corrected chi connectivity index (χ3v) is 16.4. The number of fused-ring (bicyclic) bond motifs is 5.